The van der Waals surface area contributed by atoms with Crippen LogP contribution in [0.25, 0.3) is 5.57 Å². The van der Waals surface area contributed by atoms with Crippen molar-refractivity contribution in [1.29, 1.82) is 0 Å². The zero-order valence-corrected chi connectivity index (χ0v) is 42.5. The Balaban J connectivity index is 0.00000696. The molecule has 5 atom stereocenters. The number of hydrogen-bond donors (Lipinski definition) is 3. The number of aryl methyl sites for hydroxylation is 1. The molecule has 2 aliphatic carbocycles. The summed E-state index contributed by atoms with van der Waals surface area (Å²) in [5.41, 5.74) is 0.501. The molecule has 1 unspecified atom stereocenters. The summed E-state index contributed by atoms with van der Waals surface area (Å²) in [7, 11) is -5.68. The van der Waals surface area contributed by atoms with Crippen LogP contribution in [0.4, 0.5) is 0 Å². The van der Waals surface area contributed by atoms with Crippen molar-refractivity contribution in [2.24, 2.45) is 4.99 Å². The number of methoxy groups -OCH3 is 1. The van der Waals surface area contributed by atoms with Crippen LogP contribution >= 0.6 is 23.2 Å². The van der Waals surface area contributed by atoms with Gasteiger partial charge in [-0.3, -0.25) is 9.18 Å². The van der Waals surface area contributed by atoms with Crippen LogP contribution in [-0.2, 0) is 34.7 Å². The second-order valence-electron chi connectivity index (χ2n) is 15.4. The van der Waals surface area contributed by atoms with Gasteiger partial charge in [0.05, 0.1) is 28.2 Å². The molecule has 298 valence electrons. The van der Waals surface area contributed by atoms with Gasteiger partial charge in [-0.05, 0) is 84.9 Å². The standard InChI is InChI=1S/C39H47Cl2NO11SSi.Cs/c1-21-9-11-25(12-10-21)54(48,49)52-36-27-14-13-26(34(41)33(27)28-18-24(44)19-39(28,36)47)32(53-55(7,8)38(3,4)5)20-51-37(46)30(42-22(2)43)16-23-15-29(40)35(45)31(17-23)50-6;/h9-15,17-18,24,30,32,36,44-45,47H,16,19-20H2,1-8H3,(H,42,43);/q;+1/p-1/t24-,30-,32?,36-,39+;/m0./s1. The number of halogens is 2. The summed E-state index contributed by atoms with van der Waals surface area (Å²) >= 11 is 13.4. The van der Waals surface area contributed by atoms with Gasteiger partial charge in [0, 0.05) is 24.0 Å². The molecule has 17 heteroatoms. The molecule has 2 aliphatic rings. The van der Waals surface area contributed by atoms with Gasteiger partial charge in [-0.1, -0.05) is 73.8 Å². The van der Waals surface area contributed by atoms with Crippen LogP contribution < -0.4 is 78.7 Å². The number of ether oxygens (including phenoxy) is 2. The Bertz CT molecular complexity index is 2140. The summed E-state index contributed by atoms with van der Waals surface area (Å²) < 4.78 is 50.6. The van der Waals surface area contributed by atoms with Gasteiger partial charge >= 0.3 is 74.9 Å². The first-order chi connectivity index (χ1) is 25.5. The molecule has 0 fully saturated rings. The fourth-order valence-electron chi connectivity index (χ4n) is 6.50. The summed E-state index contributed by atoms with van der Waals surface area (Å²) in [4.78, 5) is 17.6. The third-order valence-corrected chi connectivity index (χ3v) is 16.9. The first-order valence-electron chi connectivity index (χ1n) is 17.6. The number of carbonyl (C=O) groups is 1. The predicted octanol–water partition coefficient (Wildman–Crippen LogP) is 3.36. The summed E-state index contributed by atoms with van der Waals surface area (Å²) in [6.45, 7) is 12.8. The Morgan fingerprint density at radius 2 is 1.77 bits per heavy atom. The number of phenols is 1. The van der Waals surface area contributed by atoms with Gasteiger partial charge in [0.2, 0.25) is 0 Å². The number of aliphatic hydroxyl groups excluding tert-OH is 1. The molecule has 3 aromatic rings. The van der Waals surface area contributed by atoms with Crippen LogP contribution in [0.3, 0.4) is 0 Å². The van der Waals surface area contributed by atoms with Gasteiger partial charge in [-0.15, -0.1) is 0 Å². The first-order valence-corrected chi connectivity index (χ1v) is 22.6. The third-order valence-electron chi connectivity index (χ3n) is 10.4. The molecule has 0 aromatic heterocycles. The largest absolute Gasteiger partial charge is 1.00 e. The molecule has 12 nitrogen and oxygen atoms in total. The van der Waals surface area contributed by atoms with Crippen molar-refractivity contribution < 1.29 is 121 Å². The van der Waals surface area contributed by atoms with E-state index in [9.17, 15) is 33.6 Å². The number of aliphatic imine (C=N–C) groups is 1. The molecule has 3 aromatic carbocycles. The van der Waals surface area contributed by atoms with E-state index in [2.05, 4.69) is 4.99 Å². The number of nitrogens with zero attached hydrogens (tertiary/aromatic N) is 1. The van der Waals surface area contributed by atoms with E-state index < -0.39 is 60.3 Å². The molecule has 0 heterocycles. The molecular formula is C39H46Cl2CsNO11SSi. The fraction of sp³-hybridized carbons (Fsp3) is 0.436. The van der Waals surface area contributed by atoms with Crippen molar-refractivity contribution in [2.75, 3.05) is 13.7 Å². The molecule has 56 heavy (non-hydrogen) atoms. The molecule has 0 saturated carbocycles. The maximum Gasteiger partial charge on any atom is 1.00 e. The van der Waals surface area contributed by atoms with Crippen molar-refractivity contribution in [3.63, 3.8) is 0 Å². The number of esters is 1. The zero-order valence-electron chi connectivity index (χ0n) is 32.8. The summed E-state index contributed by atoms with van der Waals surface area (Å²) in [6.07, 6.45) is -2.45. The van der Waals surface area contributed by atoms with E-state index in [1.165, 1.54) is 44.4 Å². The number of carbonyl (C=O) groups excluding carboxylic acids is 1. The van der Waals surface area contributed by atoms with E-state index in [0.29, 0.717) is 11.1 Å². The Hall–Kier alpha value is -1.42. The Morgan fingerprint density at radius 3 is 2.36 bits per heavy atom. The van der Waals surface area contributed by atoms with E-state index >= 15 is 0 Å². The molecule has 0 spiro atoms. The second kappa shape index (κ2) is 18.1. The van der Waals surface area contributed by atoms with Crippen molar-refractivity contribution >= 4 is 59.1 Å². The smallest absolute Gasteiger partial charge is 0.862 e. The molecule has 0 amide bonds. The Morgan fingerprint density at radius 1 is 1.12 bits per heavy atom. The number of aromatic hydroxyl groups is 1. The Kier molecular flexibility index (Phi) is 15.2. The fourth-order valence-corrected chi connectivity index (χ4v) is 9.48. The SMILES string of the molecule is COc1cc(C[C@H](N=C(C)[O-])C(=O)OCC(O[Si](C)(C)C(C)(C)C)c2ccc3c(c2Cl)C2=C[C@H](O)C[C@]2(O)[C@H]3OS(=O)(=O)c2ccc(C)cc2)cc(Cl)c1O.[Cs+]. The number of fused-ring (bicyclic) bond motifs is 3. The van der Waals surface area contributed by atoms with Crippen LogP contribution in [0.5, 0.6) is 11.5 Å². The number of hydrogen-bond acceptors (Lipinski definition) is 12. The number of aliphatic hydroxyl groups is 2. The van der Waals surface area contributed by atoms with Crippen molar-refractivity contribution in [2.45, 2.75) is 100 Å². The molecule has 0 bridgehead atoms. The van der Waals surface area contributed by atoms with Gasteiger partial charge in [0.25, 0.3) is 10.1 Å². The molecule has 5 rings (SSSR count). The van der Waals surface area contributed by atoms with Gasteiger partial charge in [-0.25, -0.2) is 4.79 Å². The van der Waals surface area contributed by atoms with E-state index in [-0.39, 0.29) is 137 Å². The second-order valence-corrected chi connectivity index (χ2v) is 22.6. The van der Waals surface area contributed by atoms with Crippen LogP contribution in [0.2, 0.25) is 28.2 Å². The quantitative estimate of drug-likeness (QED) is 0.0751. The van der Waals surface area contributed by atoms with Crippen molar-refractivity contribution in [3.05, 3.63) is 92.5 Å². The van der Waals surface area contributed by atoms with E-state index in [4.69, 9.17) is 41.3 Å². The maximum atomic E-state index is 13.7. The zero-order chi connectivity index (χ0) is 40.8. The van der Waals surface area contributed by atoms with Gasteiger partial charge in [0.1, 0.15) is 30.5 Å². The topological polar surface area (TPSA) is 184 Å². The van der Waals surface area contributed by atoms with E-state index in [1.807, 2.05) is 40.8 Å². The van der Waals surface area contributed by atoms with E-state index in [0.717, 1.165) is 5.56 Å². The number of rotatable bonds is 13. The minimum Gasteiger partial charge on any atom is -0.862 e. The third kappa shape index (κ3) is 9.95. The van der Waals surface area contributed by atoms with Gasteiger partial charge < -0.3 is 34.3 Å². The minimum absolute atomic E-state index is 0. The van der Waals surface area contributed by atoms with Gasteiger partial charge in [0.15, 0.2) is 19.8 Å². The summed E-state index contributed by atoms with van der Waals surface area (Å²) in [6, 6.07) is 10.9. The monoisotopic (exact) mass is 967 g/mol. The van der Waals surface area contributed by atoms with Gasteiger partial charge in [-0.2, -0.15) is 8.42 Å². The maximum absolute atomic E-state index is 13.7. The van der Waals surface area contributed by atoms with Crippen LogP contribution in [0.1, 0.15) is 74.1 Å². The molecular weight excluding hydrogens is 922 g/mol. The first kappa shape index (κ1) is 47.3. The minimum atomic E-state index is -4.39. The molecule has 0 saturated heterocycles. The predicted molar refractivity (Wildman–Crippen MR) is 209 cm³/mol. The summed E-state index contributed by atoms with van der Waals surface area (Å²) in [5.74, 6) is -1.66. The Labute approximate surface area is 397 Å². The summed E-state index contributed by atoms with van der Waals surface area (Å²) in [5, 5.41) is 44.9. The molecule has 3 N–H and O–H groups in total. The normalized spacial score (nSPS) is 20.7. The van der Waals surface area contributed by atoms with Crippen LogP contribution in [0.15, 0.2) is 64.5 Å². The van der Waals surface area contributed by atoms with Crippen molar-refractivity contribution in [3.8, 4) is 11.5 Å². The van der Waals surface area contributed by atoms with E-state index in [1.54, 1.807) is 24.3 Å². The average Bonchev–Trinajstić information content (AvgIpc) is 3.50. The molecule has 0 radical (unpaired) electrons. The van der Waals surface area contributed by atoms with Crippen molar-refractivity contribution in [1.82, 2.24) is 0 Å². The average molecular weight is 969 g/mol. The number of phenolic OH excluding ortho intramolecular Hbond substituents is 1. The molecule has 0 aliphatic heterocycles. The van der Waals surface area contributed by atoms with Crippen LogP contribution in [0, 0.1) is 6.92 Å². The van der Waals surface area contributed by atoms with Crippen LogP contribution in [-0.4, -0.2) is 75.4 Å². The number of benzene rings is 3.